The smallest absolute Gasteiger partial charge is 0.338 e. The molecule has 0 aromatic heterocycles. The van der Waals surface area contributed by atoms with Crippen LogP contribution in [0.3, 0.4) is 0 Å². The second-order valence-electron chi connectivity index (χ2n) is 11.6. The first-order chi connectivity index (χ1) is 20.0. The second kappa shape index (κ2) is 12.6. The predicted octanol–water partition coefficient (Wildman–Crippen LogP) is 6.88. The molecule has 220 valence electrons. The molecule has 7 heteroatoms. The van der Waals surface area contributed by atoms with Gasteiger partial charge >= 0.3 is 5.97 Å². The molecule has 4 rings (SSSR count). The molecule has 1 fully saturated rings. The maximum atomic E-state index is 13.6. The van der Waals surface area contributed by atoms with Gasteiger partial charge in [-0.15, -0.1) is 0 Å². The Hall–Kier alpha value is -4.39. The molecule has 0 radical (unpaired) electrons. The molecule has 7 nitrogen and oxygen atoms in total. The number of nitrogens with zero attached hydrogens (tertiary/aromatic N) is 1. The molecule has 3 aromatic rings. The first-order valence-corrected chi connectivity index (χ1v) is 14.3. The van der Waals surface area contributed by atoms with Gasteiger partial charge in [-0.3, -0.25) is 9.59 Å². The van der Waals surface area contributed by atoms with Crippen molar-refractivity contribution in [2.24, 2.45) is 0 Å². The summed E-state index contributed by atoms with van der Waals surface area (Å²) in [5.41, 5.74) is 3.89. The van der Waals surface area contributed by atoms with E-state index in [4.69, 9.17) is 9.47 Å². The number of amides is 1. The van der Waals surface area contributed by atoms with E-state index in [1.807, 2.05) is 51.1 Å². The van der Waals surface area contributed by atoms with Gasteiger partial charge in [0.15, 0.2) is 0 Å². The highest BCUT2D eigenvalue weighted by Crippen LogP contribution is 2.42. The van der Waals surface area contributed by atoms with Gasteiger partial charge < -0.3 is 19.5 Å². The minimum Gasteiger partial charge on any atom is -0.507 e. The molecule has 0 aliphatic carbocycles. The quantitative estimate of drug-likeness (QED) is 0.131. The van der Waals surface area contributed by atoms with Crippen LogP contribution < -0.4 is 4.74 Å². The van der Waals surface area contributed by atoms with Gasteiger partial charge in [0.1, 0.15) is 11.5 Å². The molecule has 1 unspecified atom stereocenters. The van der Waals surface area contributed by atoms with Crippen molar-refractivity contribution in [1.82, 2.24) is 4.90 Å². The normalized spacial score (nSPS) is 16.5. The van der Waals surface area contributed by atoms with Crippen molar-refractivity contribution in [3.63, 3.8) is 0 Å². The van der Waals surface area contributed by atoms with Gasteiger partial charge in [-0.25, -0.2) is 4.79 Å². The molecule has 42 heavy (non-hydrogen) atoms. The Kier molecular flexibility index (Phi) is 9.20. The van der Waals surface area contributed by atoms with Crippen molar-refractivity contribution in [3.8, 4) is 5.75 Å². The fourth-order valence-corrected chi connectivity index (χ4v) is 5.15. The van der Waals surface area contributed by atoms with E-state index in [0.29, 0.717) is 30.1 Å². The van der Waals surface area contributed by atoms with E-state index < -0.39 is 23.7 Å². The van der Waals surface area contributed by atoms with Crippen molar-refractivity contribution in [1.29, 1.82) is 0 Å². The average molecular weight is 570 g/mol. The summed E-state index contributed by atoms with van der Waals surface area (Å²) in [4.78, 5) is 40.8. The van der Waals surface area contributed by atoms with E-state index in [1.54, 1.807) is 36.4 Å². The zero-order valence-electron chi connectivity index (χ0n) is 25.2. The lowest BCUT2D eigenvalue weighted by atomic mass is 9.84. The van der Waals surface area contributed by atoms with Crippen molar-refractivity contribution < 1.29 is 29.0 Å². The lowest BCUT2D eigenvalue weighted by Crippen LogP contribution is -2.29. The predicted molar refractivity (Wildman–Crippen MR) is 162 cm³/mol. The van der Waals surface area contributed by atoms with Gasteiger partial charge in [-0.05, 0) is 67.1 Å². The number of aryl methyl sites for hydroxylation is 1. The summed E-state index contributed by atoms with van der Waals surface area (Å²) in [6.07, 6.45) is 0.728. The molecule has 1 N–H and O–H groups in total. The SMILES string of the molecule is CCCOC(=O)c1ccc(CN2C(=O)C(=O)/C(=C(\O)c3ccc(OCC)c(C(C)(C)C)c3)C2c2cccc(C)c2)cc1. The third kappa shape index (κ3) is 6.40. The van der Waals surface area contributed by atoms with Crippen LogP contribution in [0.4, 0.5) is 0 Å². The Morgan fingerprint density at radius 2 is 1.64 bits per heavy atom. The Bertz CT molecular complexity index is 1510. The minimum atomic E-state index is -0.802. The lowest BCUT2D eigenvalue weighted by Gasteiger charge is -2.26. The highest BCUT2D eigenvalue weighted by Gasteiger charge is 2.46. The highest BCUT2D eigenvalue weighted by molar-refractivity contribution is 6.46. The van der Waals surface area contributed by atoms with Crippen LogP contribution in [0.5, 0.6) is 5.75 Å². The molecule has 1 atom stereocenters. The maximum Gasteiger partial charge on any atom is 0.338 e. The number of aliphatic hydroxyl groups is 1. The summed E-state index contributed by atoms with van der Waals surface area (Å²) < 4.78 is 11.0. The number of esters is 1. The van der Waals surface area contributed by atoms with Gasteiger partial charge in [0.05, 0.1) is 30.4 Å². The minimum absolute atomic E-state index is 0.0365. The van der Waals surface area contributed by atoms with Crippen molar-refractivity contribution in [2.75, 3.05) is 13.2 Å². The number of hydrogen-bond acceptors (Lipinski definition) is 6. The number of benzene rings is 3. The highest BCUT2D eigenvalue weighted by atomic mass is 16.5. The molecule has 0 bridgehead atoms. The van der Waals surface area contributed by atoms with E-state index in [1.165, 1.54) is 4.90 Å². The van der Waals surface area contributed by atoms with Crippen LogP contribution in [-0.2, 0) is 26.3 Å². The lowest BCUT2D eigenvalue weighted by molar-refractivity contribution is -0.140. The first kappa shape index (κ1) is 30.6. The number of hydrogen-bond donors (Lipinski definition) is 1. The fourth-order valence-electron chi connectivity index (χ4n) is 5.15. The number of rotatable bonds is 9. The van der Waals surface area contributed by atoms with Crippen molar-refractivity contribution in [3.05, 3.63) is 106 Å². The molecule has 1 aliphatic rings. The van der Waals surface area contributed by atoms with Gasteiger partial charge in [0.2, 0.25) is 0 Å². The zero-order chi connectivity index (χ0) is 30.6. The molecule has 0 saturated carbocycles. The molecular formula is C35H39NO6. The summed E-state index contributed by atoms with van der Waals surface area (Å²) in [7, 11) is 0. The number of Topliss-reactive ketones (excluding diaryl/α,β-unsaturated/α-hetero) is 1. The van der Waals surface area contributed by atoms with E-state index in [0.717, 1.165) is 28.7 Å². The van der Waals surface area contributed by atoms with Crippen molar-refractivity contribution >= 4 is 23.4 Å². The Balaban J connectivity index is 1.79. The summed E-state index contributed by atoms with van der Waals surface area (Å²) in [6, 6.07) is 18.9. The summed E-state index contributed by atoms with van der Waals surface area (Å²) in [5, 5.41) is 11.7. The standard InChI is InChI=1S/C35H39NO6/c1-7-18-42-34(40)24-14-12-23(13-15-24)21-36-30(25-11-9-10-22(3)19-25)29(32(38)33(36)39)31(37)26-16-17-28(41-8-2)27(20-26)35(4,5)6/h9-17,19-20,30,37H,7-8,18,21H2,1-6H3/b31-29-. The zero-order valence-corrected chi connectivity index (χ0v) is 25.2. The van der Waals surface area contributed by atoms with Gasteiger partial charge in [-0.1, -0.05) is 69.7 Å². The molecule has 1 heterocycles. The molecule has 0 spiro atoms. The number of ether oxygens (including phenoxy) is 2. The van der Waals surface area contributed by atoms with E-state index in [-0.39, 0.29) is 23.3 Å². The molecule has 1 amide bonds. The summed E-state index contributed by atoms with van der Waals surface area (Å²) in [6.45, 7) is 12.9. The fraction of sp³-hybridized carbons (Fsp3) is 0.343. The number of ketones is 1. The average Bonchev–Trinajstić information content (AvgIpc) is 3.20. The molecular weight excluding hydrogens is 530 g/mol. The second-order valence-corrected chi connectivity index (χ2v) is 11.6. The third-order valence-electron chi connectivity index (χ3n) is 7.24. The first-order valence-electron chi connectivity index (χ1n) is 14.3. The largest absolute Gasteiger partial charge is 0.507 e. The van der Waals surface area contributed by atoms with Crippen LogP contribution in [0.1, 0.15) is 85.3 Å². The van der Waals surface area contributed by atoms with E-state index in [2.05, 4.69) is 20.8 Å². The number of likely N-dealkylation sites (tertiary alicyclic amines) is 1. The van der Waals surface area contributed by atoms with Crippen LogP contribution in [0.15, 0.2) is 72.3 Å². The number of carbonyl (C=O) groups is 3. The Morgan fingerprint density at radius 1 is 0.952 bits per heavy atom. The number of aliphatic hydroxyl groups excluding tert-OH is 1. The molecule has 1 aliphatic heterocycles. The monoisotopic (exact) mass is 569 g/mol. The van der Waals surface area contributed by atoms with Gasteiger partial charge in [-0.2, -0.15) is 0 Å². The summed E-state index contributed by atoms with van der Waals surface area (Å²) >= 11 is 0. The Labute approximate surface area is 247 Å². The molecule has 3 aromatic carbocycles. The Morgan fingerprint density at radius 3 is 2.26 bits per heavy atom. The van der Waals surface area contributed by atoms with Crippen LogP contribution in [0.2, 0.25) is 0 Å². The number of carbonyl (C=O) groups excluding carboxylic acids is 3. The third-order valence-corrected chi connectivity index (χ3v) is 7.24. The van der Waals surface area contributed by atoms with Crippen LogP contribution in [-0.4, -0.2) is 40.9 Å². The van der Waals surface area contributed by atoms with Crippen LogP contribution >= 0.6 is 0 Å². The van der Waals surface area contributed by atoms with E-state index >= 15 is 0 Å². The van der Waals surface area contributed by atoms with Crippen LogP contribution in [0, 0.1) is 6.92 Å². The topological polar surface area (TPSA) is 93.1 Å². The summed E-state index contributed by atoms with van der Waals surface area (Å²) in [5.74, 6) is -1.38. The van der Waals surface area contributed by atoms with Gasteiger partial charge in [0, 0.05) is 17.7 Å². The molecule has 1 saturated heterocycles. The van der Waals surface area contributed by atoms with Crippen molar-refractivity contribution in [2.45, 2.75) is 66.0 Å². The van der Waals surface area contributed by atoms with E-state index in [9.17, 15) is 19.5 Å². The van der Waals surface area contributed by atoms with Crippen LogP contribution in [0.25, 0.3) is 5.76 Å². The van der Waals surface area contributed by atoms with Gasteiger partial charge in [0.25, 0.3) is 11.7 Å². The maximum absolute atomic E-state index is 13.6.